The summed E-state index contributed by atoms with van der Waals surface area (Å²) < 4.78 is 0. The molecule has 4 heteroatoms. The van der Waals surface area contributed by atoms with Crippen LogP contribution in [0, 0.1) is 11.8 Å². The molecular weight excluding hydrogens is 165 g/mol. The zero-order valence-electron chi connectivity index (χ0n) is 8.25. The van der Waals surface area contributed by atoms with E-state index < -0.39 is 5.97 Å². The number of carboxylic acids is 1. The lowest BCUT2D eigenvalue weighted by atomic mass is 9.82. The van der Waals surface area contributed by atoms with Crippen molar-refractivity contribution in [2.24, 2.45) is 11.8 Å². The van der Waals surface area contributed by atoms with Crippen molar-refractivity contribution in [1.29, 1.82) is 0 Å². The first-order valence-corrected chi connectivity index (χ1v) is 5.19. The van der Waals surface area contributed by atoms with Crippen LogP contribution < -0.4 is 5.32 Å². The van der Waals surface area contributed by atoms with E-state index in [-0.39, 0.29) is 5.92 Å². The van der Waals surface area contributed by atoms with Gasteiger partial charge in [-0.25, -0.2) is 0 Å². The summed E-state index contributed by atoms with van der Waals surface area (Å²) in [6, 6.07) is 0. The number of hydrogen-bond acceptors (Lipinski definition) is 2. The van der Waals surface area contributed by atoms with Crippen molar-refractivity contribution in [3.05, 3.63) is 0 Å². The number of carboxylic acid groups (broad SMARTS) is 1. The molecule has 74 valence electrons. The molecule has 13 heavy (non-hydrogen) atoms. The van der Waals surface area contributed by atoms with Crippen LogP contribution in [0.3, 0.4) is 0 Å². The first kappa shape index (κ1) is 10.6. The minimum absolute atomic E-state index is 0.104. The zero-order chi connectivity index (χ0) is 9.68. The third-order valence-corrected chi connectivity index (χ3v) is 2.85. The fourth-order valence-corrected chi connectivity index (χ4v) is 2.02. The highest BCUT2D eigenvalue weighted by molar-refractivity contribution is 6.08. The number of carbonyl (C=O) groups is 1. The first-order valence-electron chi connectivity index (χ1n) is 5.19. The lowest BCUT2D eigenvalue weighted by molar-refractivity contribution is -0.144. The second-order valence-corrected chi connectivity index (χ2v) is 3.84. The van der Waals surface area contributed by atoms with Gasteiger partial charge in [-0.15, -0.1) is 0 Å². The standard InChI is InChI=1S/C9H18BNO2/c10-4-1-2-7-6-11-5-3-8(7)9(12)13/h7-8,11H,1-6,10H2,(H,12,13)/t7-,8-/m1/s1. The van der Waals surface area contributed by atoms with Crippen LogP contribution >= 0.6 is 0 Å². The summed E-state index contributed by atoms with van der Waals surface area (Å²) in [6.45, 7) is 1.75. The normalized spacial score (nSPS) is 28.6. The predicted octanol–water partition coefficient (Wildman–Crippen LogP) is 0.128. The first-order chi connectivity index (χ1) is 6.25. The van der Waals surface area contributed by atoms with Crippen molar-refractivity contribution in [2.75, 3.05) is 13.1 Å². The Morgan fingerprint density at radius 2 is 2.38 bits per heavy atom. The van der Waals surface area contributed by atoms with Crippen molar-refractivity contribution in [1.82, 2.24) is 5.32 Å². The van der Waals surface area contributed by atoms with Crippen LogP contribution in [0.4, 0.5) is 0 Å². The Morgan fingerprint density at radius 1 is 1.62 bits per heavy atom. The number of piperidine rings is 1. The van der Waals surface area contributed by atoms with Gasteiger partial charge >= 0.3 is 5.97 Å². The summed E-state index contributed by atoms with van der Waals surface area (Å²) >= 11 is 0. The molecule has 0 aromatic heterocycles. The monoisotopic (exact) mass is 183 g/mol. The fraction of sp³-hybridized carbons (Fsp3) is 0.889. The van der Waals surface area contributed by atoms with E-state index in [0.717, 1.165) is 38.7 Å². The van der Waals surface area contributed by atoms with E-state index in [4.69, 9.17) is 5.11 Å². The third kappa shape index (κ3) is 3.03. The maximum atomic E-state index is 10.9. The summed E-state index contributed by atoms with van der Waals surface area (Å²) in [4.78, 5) is 10.9. The molecule has 0 radical (unpaired) electrons. The molecular formula is C9H18BNO2. The van der Waals surface area contributed by atoms with Gasteiger partial charge in [0.05, 0.1) is 5.92 Å². The Kier molecular flexibility index (Phi) is 4.29. The quantitative estimate of drug-likeness (QED) is 0.609. The van der Waals surface area contributed by atoms with Gasteiger partial charge in [-0.2, -0.15) is 0 Å². The Labute approximate surface area is 80.3 Å². The molecule has 2 N–H and O–H groups in total. The molecule has 1 aliphatic rings. The van der Waals surface area contributed by atoms with Crippen LogP contribution in [-0.2, 0) is 4.79 Å². The predicted molar refractivity (Wildman–Crippen MR) is 54.7 cm³/mol. The molecule has 0 unspecified atom stereocenters. The molecule has 1 aliphatic heterocycles. The van der Waals surface area contributed by atoms with Gasteiger partial charge < -0.3 is 10.4 Å². The van der Waals surface area contributed by atoms with Crippen LogP contribution in [0.2, 0.25) is 6.32 Å². The summed E-state index contributed by atoms with van der Waals surface area (Å²) in [5.41, 5.74) is 0. The number of rotatable bonds is 4. The molecule has 3 nitrogen and oxygen atoms in total. The molecule has 0 aromatic carbocycles. The smallest absolute Gasteiger partial charge is 0.306 e. The molecule has 1 saturated heterocycles. The van der Waals surface area contributed by atoms with Crippen molar-refractivity contribution < 1.29 is 9.90 Å². The molecule has 0 saturated carbocycles. The topological polar surface area (TPSA) is 49.3 Å². The zero-order valence-corrected chi connectivity index (χ0v) is 8.25. The molecule has 0 aromatic rings. The minimum Gasteiger partial charge on any atom is -0.481 e. The highest BCUT2D eigenvalue weighted by Gasteiger charge is 2.29. The van der Waals surface area contributed by atoms with Crippen molar-refractivity contribution in [2.45, 2.75) is 25.6 Å². The van der Waals surface area contributed by atoms with Gasteiger partial charge in [0.1, 0.15) is 7.85 Å². The van der Waals surface area contributed by atoms with Gasteiger partial charge in [0.2, 0.25) is 0 Å². The molecule has 0 amide bonds. The van der Waals surface area contributed by atoms with Crippen LogP contribution in [-0.4, -0.2) is 32.0 Å². The summed E-state index contributed by atoms with van der Waals surface area (Å²) in [5.74, 6) is -0.360. The fourth-order valence-electron chi connectivity index (χ4n) is 2.02. The van der Waals surface area contributed by atoms with Gasteiger partial charge in [-0.05, 0) is 31.8 Å². The number of aliphatic carboxylic acids is 1. The maximum Gasteiger partial charge on any atom is 0.306 e. The van der Waals surface area contributed by atoms with Crippen LogP contribution in [0.15, 0.2) is 0 Å². The summed E-state index contributed by atoms with van der Waals surface area (Å²) in [6.07, 6.45) is 4.16. The highest BCUT2D eigenvalue weighted by Crippen LogP contribution is 2.24. The van der Waals surface area contributed by atoms with Gasteiger partial charge in [0.15, 0.2) is 0 Å². The average Bonchev–Trinajstić information content (AvgIpc) is 2.15. The van der Waals surface area contributed by atoms with Crippen LogP contribution in [0.1, 0.15) is 19.3 Å². The highest BCUT2D eigenvalue weighted by atomic mass is 16.4. The van der Waals surface area contributed by atoms with E-state index in [1.54, 1.807) is 0 Å². The van der Waals surface area contributed by atoms with E-state index in [0.29, 0.717) is 5.92 Å². The van der Waals surface area contributed by atoms with Gasteiger partial charge in [0.25, 0.3) is 0 Å². The molecule has 0 spiro atoms. The lowest BCUT2D eigenvalue weighted by Gasteiger charge is -2.29. The van der Waals surface area contributed by atoms with Gasteiger partial charge in [-0.1, -0.05) is 12.7 Å². The number of hydrogen-bond donors (Lipinski definition) is 2. The minimum atomic E-state index is -0.609. The third-order valence-electron chi connectivity index (χ3n) is 2.85. The Balaban J connectivity index is 2.41. The Morgan fingerprint density at radius 3 is 3.00 bits per heavy atom. The molecule has 0 aliphatic carbocycles. The van der Waals surface area contributed by atoms with E-state index in [1.165, 1.54) is 0 Å². The van der Waals surface area contributed by atoms with Gasteiger partial charge in [-0.3, -0.25) is 4.79 Å². The van der Waals surface area contributed by atoms with E-state index in [2.05, 4.69) is 13.2 Å². The molecule has 2 atom stereocenters. The summed E-state index contributed by atoms with van der Waals surface area (Å²) in [5, 5.41) is 12.2. The Bertz CT molecular complexity index is 175. The van der Waals surface area contributed by atoms with Crippen molar-refractivity contribution in [3.8, 4) is 0 Å². The Hall–Kier alpha value is -0.505. The molecule has 1 rings (SSSR count). The SMILES string of the molecule is BCCC[C@@H]1CNCC[C@H]1C(=O)O. The van der Waals surface area contributed by atoms with E-state index in [1.807, 2.05) is 0 Å². The summed E-state index contributed by atoms with van der Waals surface area (Å²) in [7, 11) is 2.14. The van der Waals surface area contributed by atoms with Crippen molar-refractivity contribution >= 4 is 13.8 Å². The molecule has 1 heterocycles. The van der Waals surface area contributed by atoms with Crippen molar-refractivity contribution in [3.63, 3.8) is 0 Å². The van der Waals surface area contributed by atoms with Gasteiger partial charge in [0, 0.05) is 0 Å². The maximum absolute atomic E-state index is 10.9. The van der Waals surface area contributed by atoms with Crippen LogP contribution in [0.25, 0.3) is 0 Å². The molecule has 1 fully saturated rings. The van der Waals surface area contributed by atoms with E-state index in [9.17, 15) is 4.79 Å². The largest absolute Gasteiger partial charge is 0.481 e. The number of nitrogens with one attached hydrogen (secondary N) is 1. The lowest BCUT2D eigenvalue weighted by Crippen LogP contribution is -2.40. The van der Waals surface area contributed by atoms with Crippen LogP contribution in [0.5, 0.6) is 0 Å². The molecule has 0 bridgehead atoms. The second-order valence-electron chi connectivity index (χ2n) is 3.84. The van der Waals surface area contributed by atoms with E-state index >= 15 is 0 Å². The average molecular weight is 183 g/mol. The second kappa shape index (κ2) is 5.27.